The quantitative estimate of drug-likeness (QED) is 0.0972. The first-order chi connectivity index (χ1) is 24.7. The summed E-state index contributed by atoms with van der Waals surface area (Å²) >= 11 is 15.3. The first-order valence-electron chi connectivity index (χ1n) is 16.2. The molecular weight excluding hydrogens is 720 g/mol. The van der Waals surface area contributed by atoms with Gasteiger partial charge in [-0.3, -0.25) is 14.4 Å². The van der Waals surface area contributed by atoms with Crippen molar-refractivity contribution < 1.29 is 14.4 Å². The molecule has 0 saturated carbocycles. The summed E-state index contributed by atoms with van der Waals surface area (Å²) in [6.07, 6.45) is 4.24. The molecule has 0 spiro atoms. The minimum Gasteiger partial charge on any atom is -0.321 e. The minimum atomic E-state index is -0.658. The van der Waals surface area contributed by atoms with E-state index in [4.69, 9.17) is 23.2 Å². The fraction of sp³-hybridized carbons (Fsp3) is 0.150. The number of amides is 3. The lowest BCUT2D eigenvalue weighted by Gasteiger charge is -2.18. The SMILES string of the molecule is CC1CCc2c(sc(NC(=O)C(Sc3cccc(NC(=O)/C(=C\c4ccc(Cl)cc4Cl)NC(=O)c4ccccc4)c3)c3ccccc3)c2C#N)C1. The number of nitrogens with zero attached hydrogens (tertiary/aromatic N) is 1. The van der Waals surface area contributed by atoms with E-state index in [1.165, 1.54) is 34.1 Å². The molecule has 1 aromatic heterocycles. The van der Waals surface area contributed by atoms with Crippen LogP contribution in [-0.4, -0.2) is 17.7 Å². The van der Waals surface area contributed by atoms with Gasteiger partial charge in [0.15, 0.2) is 0 Å². The fourth-order valence-corrected chi connectivity index (χ4v) is 8.64. The van der Waals surface area contributed by atoms with Crippen LogP contribution < -0.4 is 16.0 Å². The van der Waals surface area contributed by atoms with Gasteiger partial charge in [0.25, 0.3) is 11.8 Å². The highest BCUT2D eigenvalue weighted by Gasteiger charge is 2.28. The maximum Gasteiger partial charge on any atom is 0.272 e. The normalized spacial score (nSPS) is 14.5. The average molecular weight is 752 g/mol. The molecular formula is C40H32Cl2N4O3S2. The Kier molecular flexibility index (Phi) is 11.6. The summed E-state index contributed by atoms with van der Waals surface area (Å²) in [5, 5.41) is 19.4. The number of rotatable bonds is 10. The van der Waals surface area contributed by atoms with Gasteiger partial charge in [0.05, 0.1) is 5.56 Å². The lowest BCUT2D eigenvalue weighted by Crippen LogP contribution is -2.30. The van der Waals surface area contributed by atoms with Crippen molar-refractivity contribution >= 4 is 80.8 Å². The molecule has 0 radical (unpaired) electrons. The van der Waals surface area contributed by atoms with Crippen LogP contribution in [0.3, 0.4) is 0 Å². The second-order valence-electron chi connectivity index (χ2n) is 12.1. The topological polar surface area (TPSA) is 111 Å². The molecule has 0 bridgehead atoms. The summed E-state index contributed by atoms with van der Waals surface area (Å²) in [5.41, 5.74) is 3.67. The second kappa shape index (κ2) is 16.4. The average Bonchev–Trinajstić information content (AvgIpc) is 3.47. The molecule has 3 N–H and O–H groups in total. The molecule has 1 heterocycles. The number of halogens is 2. The standard InChI is InChI=1S/C40H32Cl2N4O3S2/c1-24-15-18-31-32(23-43)40(51-35(31)19-24)46-39(49)36(25-9-4-2-5-10-25)50-30-14-8-13-29(22-30)44-38(48)34(20-27-16-17-28(41)21-33(27)42)45-37(47)26-11-6-3-7-12-26/h2-14,16-17,20-22,24,36H,15,18-19H2,1H3,(H,44,48)(H,45,47)(H,46,49)/b34-20+. The highest BCUT2D eigenvalue weighted by Crippen LogP contribution is 2.42. The van der Waals surface area contributed by atoms with E-state index < -0.39 is 17.1 Å². The second-order valence-corrected chi connectivity index (χ2v) is 15.2. The molecule has 7 nitrogen and oxygen atoms in total. The number of nitriles is 1. The summed E-state index contributed by atoms with van der Waals surface area (Å²) in [7, 11) is 0. The Labute approximate surface area is 314 Å². The molecule has 11 heteroatoms. The van der Waals surface area contributed by atoms with Crippen LogP contribution in [0.25, 0.3) is 6.08 Å². The summed E-state index contributed by atoms with van der Waals surface area (Å²) in [4.78, 5) is 42.7. The Morgan fingerprint density at radius 3 is 2.41 bits per heavy atom. The number of thioether (sulfide) groups is 1. The third kappa shape index (κ3) is 8.91. The van der Waals surface area contributed by atoms with Crippen LogP contribution in [0, 0.1) is 17.2 Å². The number of hydrogen-bond acceptors (Lipinski definition) is 6. The molecule has 2 unspecified atom stereocenters. The molecule has 51 heavy (non-hydrogen) atoms. The zero-order valence-corrected chi connectivity index (χ0v) is 30.6. The van der Waals surface area contributed by atoms with Gasteiger partial charge < -0.3 is 16.0 Å². The van der Waals surface area contributed by atoms with Crippen molar-refractivity contribution in [1.29, 1.82) is 5.26 Å². The Morgan fingerprint density at radius 1 is 0.941 bits per heavy atom. The number of hydrogen-bond donors (Lipinski definition) is 3. The van der Waals surface area contributed by atoms with E-state index in [0.29, 0.717) is 43.3 Å². The van der Waals surface area contributed by atoms with E-state index in [1.54, 1.807) is 66.7 Å². The van der Waals surface area contributed by atoms with E-state index in [9.17, 15) is 19.6 Å². The van der Waals surface area contributed by atoms with Crippen molar-refractivity contribution in [3.63, 3.8) is 0 Å². The van der Waals surface area contributed by atoms with Crippen LogP contribution in [0.1, 0.15) is 56.1 Å². The van der Waals surface area contributed by atoms with Crippen LogP contribution in [0.4, 0.5) is 10.7 Å². The van der Waals surface area contributed by atoms with E-state index in [-0.39, 0.29) is 11.6 Å². The molecule has 256 valence electrons. The largest absolute Gasteiger partial charge is 0.321 e. The third-order valence-electron chi connectivity index (χ3n) is 8.34. The molecule has 1 aliphatic rings. The van der Waals surface area contributed by atoms with Gasteiger partial charge in [-0.2, -0.15) is 5.26 Å². The lowest BCUT2D eigenvalue weighted by atomic mass is 9.88. The van der Waals surface area contributed by atoms with Crippen LogP contribution in [0.2, 0.25) is 10.0 Å². The van der Waals surface area contributed by atoms with Gasteiger partial charge in [-0.15, -0.1) is 23.1 Å². The molecule has 6 rings (SSSR count). The Balaban J connectivity index is 1.25. The molecule has 3 amide bonds. The van der Waals surface area contributed by atoms with Crippen molar-refractivity contribution in [3.8, 4) is 6.07 Å². The van der Waals surface area contributed by atoms with Crippen molar-refractivity contribution in [3.05, 3.63) is 152 Å². The van der Waals surface area contributed by atoms with Gasteiger partial charge >= 0.3 is 0 Å². The van der Waals surface area contributed by atoms with Gasteiger partial charge in [-0.1, -0.05) is 90.8 Å². The zero-order valence-electron chi connectivity index (χ0n) is 27.4. The Bertz CT molecular complexity index is 2160. The lowest BCUT2D eigenvalue weighted by molar-refractivity contribution is -0.116. The van der Waals surface area contributed by atoms with Crippen LogP contribution >= 0.6 is 46.3 Å². The number of fused-ring (bicyclic) bond motifs is 1. The fourth-order valence-electron chi connectivity index (χ4n) is 5.73. The third-order valence-corrected chi connectivity index (χ3v) is 11.3. The summed E-state index contributed by atoms with van der Waals surface area (Å²) in [5.74, 6) is -0.764. The molecule has 0 saturated heterocycles. The molecule has 5 aromatic rings. The van der Waals surface area contributed by atoms with Crippen molar-refractivity contribution in [2.24, 2.45) is 5.92 Å². The number of anilines is 2. The maximum absolute atomic E-state index is 14.0. The molecule has 0 aliphatic heterocycles. The van der Waals surface area contributed by atoms with Gasteiger partial charge in [-0.05, 0) is 90.4 Å². The summed E-state index contributed by atoms with van der Waals surface area (Å²) in [6, 6.07) is 32.3. The van der Waals surface area contributed by atoms with Gasteiger partial charge in [0.2, 0.25) is 5.91 Å². The Morgan fingerprint density at radius 2 is 1.69 bits per heavy atom. The first kappa shape index (κ1) is 36.0. The number of benzene rings is 4. The van der Waals surface area contributed by atoms with E-state index in [0.717, 1.165) is 35.3 Å². The molecule has 1 aliphatic carbocycles. The van der Waals surface area contributed by atoms with Gasteiger partial charge in [-0.25, -0.2) is 0 Å². The number of thiophene rings is 1. The van der Waals surface area contributed by atoms with Crippen molar-refractivity contribution in [2.45, 2.75) is 36.3 Å². The number of nitrogens with one attached hydrogen (secondary N) is 3. The monoisotopic (exact) mass is 750 g/mol. The number of carbonyl (C=O) groups is 3. The van der Waals surface area contributed by atoms with Gasteiger partial charge in [0, 0.05) is 31.1 Å². The molecule has 4 aromatic carbocycles. The smallest absolute Gasteiger partial charge is 0.272 e. The highest BCUT2D eigenvalue weighted by molar-refractivity contribution is 8.00. The number of carbonyl (C=O) groups excluding carboxylic acids is 3. The predicted molar refractivity (Wildman–Crippen MR) is 207 cm³/mol. The van der Waals surface area contributed by atoms with Crippen molar-refractivity contribution in [1.82, 2.24) is 5.32 Å². The van der Waals surface area contributed by atoms with Crippen LogP contribution in [0.15, 0.2) is 114 Å². The van der Waals surface area contributed by atoms with Crippen LogP contribution in [-0.2, 0) is 22.4 Å². The summed E-state index contributed by atoms with van der Waals surface area (Å²) in [6.45, 7) is 2.21. The zero-order chi connectivity index (χ0) is 35.9. The first-order valence-corrected chi connectivity index (χ1v) is 18.7. The van der Waals surface area contributed by atoms with E-state index in [1.807, 2.05) is 36.4 Å². The van der Waals surface area contributed by atoms with Gasteiger partial charge in [0.1, 0.15) is 22.0 Å². The summed E-state index contributed by atoms with van der Waals surface area (Å²) < 4.78 is 0. The van der Waals surface area contributed by atoms with Crippen LogP contribution in [0.5, 0.6) is 0 Å². The molecule has 2 atom stereocenters. The Hall–Kier alpha value is -4.85. The molecule has 0 fully saturated rings. The maximum atomic E-state index is 14.0. The van der Waals surface area contributed by atoms with E-state index in [2.05, 4.69) is 28.9 Å². The van der Waals surface area contributed by atoms with E-state index >= 15 is 0 Å². The van der Waals surface area contributed by atoms with Crippen molar-refractivity contribution in [2.75, 3.05) is 10.6 Å². The highest BCUT2D eigenvalue weighted by atomic mass is 35.5. The minimum absolute atomic E-state index is 0.0333. The predicted octanol–water partition coefficient (Wildman–Crippen LogP) is 9.93.